The molecular formula is C17H31LiOSSi. The van der Waals surface area contributed by atoms with Gasteiger partial charge in [-0.05, 0) is 24.6 Å². The Morgan fingerprint density at radius 3 is 2.38 bits per heavy atom. The molecule has 1 aromatic heterocycles. The van der Waals surface area contributed by atoms with Gasteiger partial charge in [-0.2, -0.15) is 17.0 Å². The van der Waals surface area contributed by atoms with Crippen LogP contribution in [0.4, 0.5) is 0 Å². The third kappa shape index (κ3) is 7.05. The molecule has 0 N–H and O–H groups in total. The molecule has 1 nitrogen and oxygen atoms in total. The second-order valence-corrected chi connectivity index (χ2v) is 12.7. The van der Waals surface area contributed by atoms with Crippen LogP contribution in [0, 0.1) is 5.38 Å². The molecule has 116 valence electrons. The first kappa shape index (κ1) is 21.5. The average Bonchev–Trinajstić information content (AvgIpc) is 2.85. The molecule has 0 aromatic carbocycles. The van der Waals surface area contributed by atoms with Crippen molar-refractivity contribution in [1.29, 1.82) is 0 Å². The molecule has 0 spiro atoms. The number of thiophene rings is 1. The van der Waals surface area contributed by atoms with E-state index in [9.17, 15) is 0 Å². The molecule has 0 aliphatic heterocycles. The van der Waals surface area contributed by atoms with E-state index in [1.54, 1.807) is 11.3 Å². The molecule has 0 bridgehead atoms. The fraction of sp³-hybridized carbons (Fsp3) is 0.765. The maximum Gasteiger partial charge on any atom is 1.00 e. The zero-order valence-electron chi connectivity index (χ0n) is 15.1. The van der Waals surface area contributed by atoms with E-state index < -0.39 is 8.32 Å². The van der Waals surface area contributed by atoms with Crippen LogP contribution in [-0.4, -0.2) is 8.32 Å². The second-order valence-electron chi connectivity index (χ2n) is 7.21. The van der Waals surface area contributed by atoms with Crippen LogP contribution in [-0.2, 0) is 4.43 Å². The van der Waals surface area contributed by atoms with Gasteiger partial charge in [0.15, 0.2) is 8.32 Å². The summed E-state index contributed by atoms with van der Waals surface area (Å²) < 4.78 is 6.65. The summed E-state index contributed by atoms with van der Waals surface area (Å²) in [6.07, 6.45) is 6.64. The zero-order valence-corrected chi connectivity index (χ0v) is 16.9. The summed E-state index contributed by atoms with van der Waals surface area (Å²) in [5, 5.41) is 5.69. The largest absolute Gasteiger partial charge is 1.00 e. The predicted molar refractivity (Wildman–Crippen MR) is 92.9 cm³/mol. The molecule has 0 fully saturated rings. The first-order chi connectivity index (χ1) is 9.28. The molecule has 1 atom stereocenters. The molecule has 1 rings (SSSR count). The van der Waals surface area contributed by atoms with Gasteiger partial charge in [-0.1, -0.05) is 53.4 Å². The van der Waals surface area contributed by atoms with Crippen LogP contribution in [0.5, 0.6) is 0 Å². The Labute approximate surface area is 149 Å². The molecule has 1 aromatic rings. The van der Waals surface area contributed by atoms with Crippen molar-refractivity contribution in [3.63, 3.8) is 0 Å². The van der Waals surface area contributed by atoms with Gasteiger partial charge in [-0.3, -0.25) is 0 Å². The van der Waals surface area contributed by atoms with E-state index in [1.165, 1.54) is 31.2 Å². The second kappa shape index (κ2) is 9.58. The summed E-state index contributed by atoms with van der Waals surface area (Å²) >= 11 is 1.66. The number of rotatable bonds is 8. The Bertz CT molecular complexity index is 371. The smallest absolute Gasteiger partial charge is 0.422 e. The van der Waals surface area contributed by atoms with Crippen molar-refractivity contribution in [3.05, 3.63) is 22.4 Å². The van der Waals surface area contributed by atoms with Crippen molar-refractivity contribution in [3.8, 4) is 0 Å². The number of hydrogen-bond donors (Lipinski definition) is 0. The molecule has 0 amide bonds. The van der Waals surface area contributed by atoms with Crippen LogP contribution in [0.1, 0.15) is 71.5 Å². The van der Waals surface area contributed by atoms with Crippen LogP contribution in [0.3, 0.4) is 0 Å². The van der Waals surface area contributed by atoms with E-state index in [-0.39, 0.29) is 30.0 Å². The van der Waals surface area contributed by atoms with E-state index in [2.05, 4.69) is 57.6 Å². The van der Waals surface area contributed by atoms with E-state index in [4.69, 9.17) is 4.43 Å². The van der Waals surface area contributed by atoms with Gasteiger partial charge in [0, 0.05) is 6.10 Å². The van der Waals surface area contributed by atoms with Gasteiger partial charge in [-0.15, -0.1) is 5.38 Å². The molecule has 0 saturated carbocycles. The molecule has 1 unspecified atom stereocenters. The third-order valence-corrected chi connectivity index (χ3v) is 9.55. The average molecular weight is 319 g/mol. The van der Waals surface area contributed by atoms with Crippen LogP contribution in [0.2, 0.25) is 18.1 Å². The number of unbranched alkanes of at least 4 members (excludes halogenated alkanes) is 3. The fourth-order valence-electron chi connectivity index (χ4n) is 1.99. The maximum absolute atomic E-state index is 6.65. The first-order valence-corrected chi connectivity index (χ1v) is 11.7. The molecule has 0 aliphatic carbocycles. The summed E-state index contributed by atoms with van der Waals surface area (Å²) in [5.41, 5.74) is 1.33. The van der Waals surface area contributed by atoms with Crippen molar-refractivity contribution in [2.45, 2.75) is 84.0 Å². The van der Waals surface area contributed by atoms with Gasteiger partial charge >= 0.3 is 18.9 Å². The summed E-state index contributed by atoms with van der Waals surface area (Å²) in [6.45, 7) is 13.9. The number of hydrogen-bond acceptors (Lipinski definition) is 2. The minimum Gasteiger partial charge on any atom is -0.422 e. The minimum absolute atomic E-state index is 0. The van der Waals surface area contributed by atoms with Crippen molar-refractivity contribution in [2.24, 2.45) is 0 Å². The molecule has 0 aliphatic rings. The summed E-state index contributed by atoms with van der Waals surface area (Å²) in [5.74, 6) is 0. The monoisotopic (exact) mass is 318 g/mol. The van der Waals surface area contributed by atoms with E-state index in [0.29, 0.717) is 0 Å². The first-order valence-electron chi connectivity index (χ1n) is 7.90. The molecular weight excluding hydrogens is 287 g/mol. The van der Waals surface area contributed by atoms with E-state index in [1.807, 2.05) is 0 Å². The maximum atomic E-state index is 6.65. The van der Waals surface area contributed by atoms with Gasteiger partial charge < -0.3 is 15.8 Å². The Hall–Kier alpha value is 0.474. The fourth-order valence-corrected chi connectivity index (χ4v) is 3.94. The van der Waals surface area contributed by atoms with Gasteiger partial charge in [0.1, 0.15) is 0 Å². The summed E-state index contributed by atoms with van der Waals surface area (Å²) in [4.78, 5) is 0. The van der Waals surface area contributed by atoms with E-state index >= 15 is 0 Å². The van der Waals surface area contributed by atoms with Gasteiger partial charge in [0.2, 0.25) is 0 Å². The summed E-state index contributed by atoms with van der Waals surface area (Å²) in [6, 6.07) is 2.11. The normalized spacial score (nSPS) is 13.8. The molecule has 21 heavy (non-hydrogen) atoms. The SMILES string of the molecule is CCCCCCC(O[Si](C)(C)C(C)(C)C)c1c[c-]sc1.[Li+]. The van der Waals surface area contributed by atoms with Crippen LogP contribution >= 0.6 is 11.3 Å². The standard InChI is InChI=1S/C17H31OSSi.Li/c1-7-8-9-10-11-16(15-12-13-19-14-15)18-20(5,6)17(2,3)4;/h12,14,16H,7-11H2,1-6H3;/q-1;+1. The van der Waals surface area contributed by atoms with Crippen LogP contribution in [0.15, 0.2) is 11.4 Å². The Kier molecular flexibility index (Phi) is 9.79. The van der Waals surface area contributed by atoms with Crippen molar-refractivity contribution in [2.75, 3.05) is 0 Å². The molecule has 0 saturated heterocycles. The van der Waals surface area contributed by atoms with Crippen molar-refractivity contribution in [1.82, 2.24) is 0 Å². The Balaban J connectivity index is 0.00000400. The van der Waals surface area contributed by atoms with Crippen LogP contribution < -0.4 is 18.9 Å². The summed E-state index contributed by atoms with van der Waals surface area (Å²) in [7, 11) is -1.70. The quantitative estimate of drug-likeness (QED) is 0.404. The Morgan fingerprint density at radius 2 is 1.90 bits per heavy atom. The molecule has 1 heterocycles. The van der Waals surface area contributed by atoms with Gasteiger partial charge in [-0.25, -0.2) is 0 Å². The zero-order chi connectivity index (χ0) is 15.2. The van der Waals surface area contributed by atoms with Gasteiger partial charge in [0.25, 0.3) is 0 Å². The Morgan fingerprint density at radius 1 is 1.24 bits per heavy atom. The minimum atomic E-state index is -1.70. The predicted octanol–water partition coefficient (Wildman–Crippen LogP) is 3.59. The van der Waals surface area contributed by atoms with Crippen LogP contribution in [0.25, 0.3) is 0 Å². The van der Waals surface area contributed by atoms with Gasteiger partial charge in [0.05, 0.1) is 0 Å². The van der Waals surface area contributed by atoms with E-state index in [0.717, 1.165) is 6.42 Å². The molecule has 0 radical (unpaired) electrons. The molecule has 4 heteroatoms. The third-order valence-electron chi connectivity index (χ3n) is 4.42. The topological polar surface area (TPSA) is 9.23 Å². The van der Waals surface area contributed by atoms with Crippen molar-refractivity contribution >= 4 is 19.7 Å². The van der Waals surface area contributed by atoms with Crippen molar-refractivity contribution < 1.29 is 23.3 Å².